The van der Waals surface area contributed by atoms with Gasteiger partial charge in [-0.25, -0.2) is 4.79 Å². The van der Waals surface area contributed by atoms with Gasteiger partial charge in [0.15, 0.2) is 5.92 Å². The minimum Gasteiger partial charge on any atom is -0.304 e. The van der Waals surface area contributed by atoms with Gasteiger partial charge in [0.25, 0.3) is 0 Å². The van der Waals surface area contributed by atoms with Crippen LogP contribution in [0.5, 0.6) is 0 Å². The average molecular weight is 330 g/mol. The highest BCUT2D eigenvalue weighted by Gasteiger charge is 2.42. The van der Waals surface area contributed by atoms with E-state index in [4.69, 9.17) is 0 Å². The van der Waals surface area contributed by atoms with Gasteiger partial charge in [0.1, 0.15) is 0 Å². The summed E-state index contributed by atoms with van der Waals surface area (Å²) in [5.41, 5.74) is 7.04. The van der Waals surface area contributed by atoms with Gasteiger partial charge in [-0.2, -0.15) is 0 Å². The van der Waals surface area contributed by atoms with Crippen molar-refractivity contribution in [2.24, 2.45) is 5.92 Å². The molecule has 1 aliphatic rings. The third kappa shape index (κ3) is 3.92. The molecule has 2 rings (SSSR count). The van der Waals surface area contributed by atoms with Gasteiger partial charge in [0.2, 0.25) is 11.8 Å². The van der Waals surface area contributed by atoms with Crippen LogP contribution in [0.1, 0.15) is 26.7 Å². The van der Waals surface area contributed by atoms with Crippen molar-refractivity contribution >= 4 is 23.5 Å². The molecule has 24 heavy (non-hydrogen) atoms. The number of nitrogens with one attached hydrogen (secondary N) is 3. The third-order valence-electron chi connectivity index (χ3n) is 3.73. The second-order valence-corrected chi connectivity index (χ2v) is 5.43. The molecular weight excluding hydrogens is 308 g/mol. The Kier molecular flexibility index (Phi) is 5.95. The van der Waals surface area contributed by atoms with Crippen LogP contribution in [-0.2, 0) is 9.59 Å². The fourth-order valence-corrected chi connectivity index (χ4v) is 2.39. The molecular formula is C17H22N4O3. The molecule has 0 aliphatic carbocycles. The Morgan fingerprint density at radius 1 is 1.25 bits per heavy atom. The lowest BCUT2D eigenvalue weighted by atomic mass is 10.00. The fourth-order valence-electron chi connectivity index (χ4n) is 2.39. The molecule has 0 unspecified atom stereocenters. The average Bonchev–Trinajstić information content (AvgIpc) is 2.58. The second-order valence-electron chi connectivity index (χ2n) is 5.43. The van der Waals surface area contributed by atoms with Gasteiger partial charge in [-0.1, -0.05) is 37.6 Å². The van der Waals surface area contributed by atoms with Crippen LogP contribution in [0.25, 0.3) is 0 Å². The number of hydrogen-bond donors (Lipinski definition) is 3. The number of benzene rings is 1. The summed E-state index contributed by atoms with van der Waals surface area (Å²) in [4.78, 5) is 37.7. The van der Waals surface area contributed by atoms with Crippen molar-refractivity contribution < 1.29 is 14.4 Å². The lowest BCUT2D eigenvalue weighted by molar-refractivity contribution is -0.141. The molecule has 0 aromatic heterocycles. The quantitative estimate of drug-likeness (QED) is 0.525. The number of nitrogens with zero attached hydrogens (tertiary/aromatic N) is 1. The Morgan fingerprint density at radius 2 is 1.96 bits per heavy atom. The molecule has 0 saturated carbocycles. The maximum atomic E-state index is 12.6. The maximum absolute atomic E-state index is 12.6. The van der Waals surface area contributed by atoms with E-state index in [0.29, 0.717) is 18.7 Å². The number of amides is 4. The van der Waals surface area contributed by atoms with Crippen LogP contribution in [0.3, 0.4) is 0 Å². The van der Waals surface area contributed by atoms with Gasteiger partial charge < -0.3 is 10.9 Å². The van der Waals surface area contributed by atoms with Crippen LogP contribution in [0.2, 0.25) is 0 Å². The third-order valence-corrected chi connectivity index (χ3v) is 3.73. The monoisotopic (exact) mass is 330 g/mol. The summed E-state index contributed by atoms with van der Waals surface area (Å²) in [5.74, 6) is -2.19. The molecule has 1 atom stereocenters. The largest absolute Gasteiger partial charge is 0.330 e. The number of urea groups is 1. The summed E-state index contributed by atoms with van der Waals surface area (Å²) in [7, 11) is 0. The van der Waals surface area contributed by atoms with Crippen molar-refractivity contribution in [2.75, 3.05) is 12.0 Å². The first-order valence-corrected chi connectivity index (χ1v) is 7.98. The Balaban J connectivity index is 2.12. The Morgan fingerprint density at radius 3 is 2.58 bits per heavy atom. The molecule has 1 aliphatic heterocycles. The first kappa shape index (κ1) is 17.5. The lowest BCUT2D eigenvalue weighted by Gasteiger charge is -2.31. The number of carbonyl (C=O) groups excluding carboxylic acids is 3. The first-order chi connectivity index (χ1) is 11.6. The molecule has 7 heteroatoms. The number of allylic oxidation sites excluding steroid dienone is 1. The molecule has 1 saturated heterocycles. The molecule has 4 amide bonds. The molecule has 0 spiro atoms. The zero-order valence-electron chi connectivity index (χ0n) is 13.8. The highest BCUT2D eigenvalue weighted by atomic mass is 16.2. The minimum atomic E-state index is -1.07. The van der Waals surface area contributed by atoms with E-state index in [1.54, 1.807) is 13.0 Å². The summed E-state index contributed by atoms with van der Waals surface area (Å²) in [6.45, 7) is 3.99. The van der Waals surface area contributed by atoms with Crippen LogP contribution in [0, 0.1) is 5.92 Å². The van der Waals surface area contributed by atoms with Crippen LogP contribution >= 0.6 is 0 Å². The number of hydrogen-bond acceptors (Lipinski definition) is 5. The molecule has 1 aromatic rings. The van der Waals surface area contributed by atoms with Crippen molar-refractivity contribution in [2.45, 2.75) is 26.7 Å². The van der Waals surface area contributed by atoms with Gasteiger partial charge >= 0.3 is 6.03 Å². The van der Waals surface area contributed by atoms with Gasteiger partial charge in [-0.15, -0.1) is 0 Å². The Bertz CT molecular complexity index is 642. The van der Waals surface area contributed by atoms with Crippen LogP contribution in [-0.4, -0.2) is 29.3 Å². The molecule has 7 nitrogen and oxygen atoms in total. The van der Waals surface area contributed by atoms with Gasteiger partial charge in [-0.05, 0) is 25.5 Å². The number of hydrazine groups is 1. The van der Waals surface area contributed by atoms with Crippen LogP contribution < -0.4 is 16.2 Å². The van der Waals surface area contributed by atoms with E-state index in [1.807, 2.05) is 37.3 Å². The molecule has 1 aromatic carbocycles. The normalized spacial score (nSPS) is 18.4. The number of barbiturate groups is 1. The van der Waals surface area contributed by atoms with Crippen molar-refractivity contribution in [3.63, 3.8) is 0 Å². The summed E-state index contributed by atoms with van der Waals surface area (Å²) < 4.78 is 0. The number of rotatable bonds is 7. The predicted molar refractivity (Wildman–Crippen MR) is 90.6 cm³/mol. The van der Waals surface area contributed by atoms with E-state index < -0.39 is 23.8 Å². The molecule has 0 bridgehead atoms. The van der Waals surface area contributed by atoms with Gasteiger partial charge in [-0.3, -0.25) is 19.8 Å². The van der Waals surface area contributed by atoms with Crippen LogP contribution in [0.15, 0.2) is 42.1 Å². The van der Waals surface area contributed by atoms with Crippen LogP contribution in [0.4, 0.5) is 10.5 Å². The SMILES string of the molecule is C/C=C(/NNc1ccccc1)[C@@H]1C(=O)NC(=O)N(CCCC)C1=O. The van der Waals surface area contributed by atoms with Gasteiger partial charge in [0, 0.05) is 12.2 Å². The molecule has 0 radical (unpaired) electrons. The number of anilines is 1. The number of unbranched alkanes of at least 4 members (excludes halogenated alkanes) is 1. The van der Waals surface area contributed by atoms with Crippen molar-refractivity contribution in [1.29, 1.82) is 0 Å². The molecule has 1 fully saturated rings. The zero-order valence-corrected chi connectivity index (χ0v) is 13.8. The fraction of sp³-hybridized carbons (Fsp3) is 0.353. The number of imide groups is 2. The van der Waals surface area contributed by atoms with E-state index in [2.05, 4.69) is 16.2 Å². The lowest BCUT2D eigenvalue weighted by Crippen LogP contribution is -2.59. The summed E-state index contributed by atoms with van der Waals surface area (Å²) in [6, 6.07) is 8.66. The van der Waals surface area contributed by atoms with Crippen molar-refractivity contribution in [3.05, 3.63) is 42.1 Å². The molecule has 3 N–H and O–H groups in total. The second kappa shape index (κ2) is 8.14. The zero-order chi connectivity index (χ0) is 17.5. The highest BCUT2D eigenvalue weighted by molar-refractivity contribution is 6.17. The highest BCUT2D eigenvalue weighted by Crippen LogP contribution is 2.18. The van der Waals surface area contributed by atoms with Gasteiger partial charge in [0.05, 0.1) is 5.69 Å². The van der Waals surface area contributed by atoms with E-state index >= 15 is 0 Å². The number of para-hydroxylation sites is 1. The number of carbonyl (C=O) groups is 3. The predicted octanol–water partition coefficient (Wildman–Crippen LogP) is 2.00. The van der Waals surface area contributed by atoms with E-state index in [9.17, 15) is 14.4 Å². The Hall–Kier alpha value is -2.83. The van der Waals surface area contributed by atoms with Crippen molar-refractivity contribution in [1.82, 2.24) is 15.6 Å². The topological polar surface area (TPSA) is 90.5 Å². The molecule has 1 heterocycles. The van der Waals surface area contributed by atoms with E-state index in [1.165, 1.54) is 0 Å². The maximum Gasteiger partial charge on any atom is 0.330 e. The Labute approximate surface area is 141 Å². The van der Waals surface area contributed by atoms with Crippen molar-refractivity contribution in [3.8, 4) is 0 Å². The summed E-state index contributed by atoms with van der Waals surface area (Å²) >= 11 is 0. The molecule has 128 valence electrons. The van der Waals surface area contributed by atoms with E-state index in [-0.39, 0.29) is 0 Å². The summed E-state index contributed by atoms with van der Waals surface area (Å²) in [5, 5.41) is 2.25. The summed E-state index contributed by atoms with van der Waals surface area (Å²) in [6.07, 6.45) is 3.19. The standard InChI is InChI=1S/C17H22N4O3/c1-3-5-11-21-16(23)14(15(22)18-17(21)24)13(4-2)20-19-12-9-7-6-8-10-12/h4,6-10,14,19-20H,3,5,11H2,1-2H3,(H,18,22,24)/b13-4+/t14-/m1/s1. The first-order valence-electron chi connectivity index (χ1n) is 7.98. The minimum absolute atomic E-state index is 0.300. The smallest absolute Gasteiger partial charge is 0.304 e. The van der Waals surface area contributed by atoms with E-state index in [0.717, 1.165) is 17.0 Å².